The normalized spacial score (nSPS) is 13.0. The van der Waals surface area contributed by atoms with E-state index in [4.69, 9.17) is 0 Å². The van der Waals surface area contributed by atoms with Crippen LogP contribution in [0.1, 0.15) is 29.5 Å². The Balaban J connectivity index is 1.13. The van der Waals surface area contributed by atoms with Crippen LogP contribution in [0.5, 0.6) is 0 Å². The molecular weight excluding hydrogens is 611 g/mol. The largest absolute Gasteiger partial charge is 0.312 e. The zero-order chi connectivity index (χ0) is 33.8. The van der Waals surface area contributed by atoms with Gasteiger partial charge >= 0.3 is 0 Å². The summed E-state index contributed by atoms with van der Waals surface area (Å²) in [6.45, 7) is 0. The molecule has 0 fully saturated rings. The molecular formula is C45H27N5. The lowest BCUT2D eigenvalue weighted by Gasteiger charge is -2.22. The SMILES string of the molecule is N#CC1=CCCC(n2c3ccccc3c3cc(C#N)ccc32)=C1c1ccc(-c2ccc(-n3c4ccccc4c4ccc(C#N)cc43)cc2)cc1. The van der Waals surface area contributed by atoms with Gasteiger partial charge in [-0.3, -0.25) is 0 Å². The summed E-state index contributed by atoms with van der Waals surface area (Å²) in [5.41, 5.74) is 12.3. The molecule has 0 unspecified atom stereocenters. The first-order valence-electron chi connectivity index (χ1n) is 16.6. The summed E-state index contributed by atoms with van der Waals surface area (Å²) in [5, 5.41) is 33.9. The quantitative estimate of drug-likeness (QED) is 0.192. The van der Waals surface area contributed by atoms with Gasteiger partial charge in [0, 0.05) is 38.5 Å². The Bertz CT molecular complexity index is 2870. The lowest BCUT2D eigenvalue weighted by Crippen LogP contribution is -2.06. The minimum atomic E-state index is 0.627. The van der Waals surface area contributed by atoms with E-state index in [1.807, 2.05) is 66.7 Å². The molecule has 5 nitrogen and oxygen atoms in total. The van der Waals surface area contributed by atoms with Crippen LogP contribution in [0.3, 0.4) is 0 Å². The lowest BCUT2D eigenvalue weighted by molar-refractivity contribution is 0.977. The van der Waals surface area contributed by atoms with Gasteiger partial charge < -0.3 is 9.13 Å². The van der Waals surface area contributed by atoms with Gasteiger partial charge in [0.25, 0.3) is 0 Å². The van der Waals surface area contributed by atoms with Crippen molar-refractivity contribution < 1.29 is 0 Å². The second kappa shape index (κ2) is 11.5. The lowest BCUT2D eigenvalue weighted by atomic mass is 9.89. The Morgan fingerprint density at radius 3 is 1.72 bits per heavy atom. The average Bonchev–Trinajstić information content (AvgIpc) is 3.69. The fourth-order valence-electron chi connectivity index (χ4n) is 7.67. The van der Waals surface area contributed by atoms with Crippen molar-refractivity contribution in [1.29, 1.82) is 15.8 Å². The molecule has 50 heavy (non-hydrogen) atoms. The maximum atomic E-state index is 10.3. The van der Waals surface area contributed by atoms with Crippen molar-refractivity contribution in [2.24, 2.45) is 0 Å². The molecule has 232 valence electrons. The minimum Gasteiger partial charge on any atom is -0.312 e. The van der Waals surface area contributed by atoms with Crippen LogP contribution in [0.4, 0.5) is 0 Å². The van der Waals surface area contributed by atoms with E-state index < -0.39 is 0 Å². The third-order valence-electron chi connectivity index (χ3n) is 9.91. The number of hydrogen-bond acceptors (Lipinski definition) is 3. The van der Waals surface area contributed by atoms with Crippen molar-refractivity contribution in [2.45, 2.75) is 12.8 Å². The van der Waals surface area contributed by atoms with Crippen LogP contribution in [0, 0.1) is 34.0 Å². The van der Waals surface area contributed by atoms with Crippen LogP contribution in [-0.2, 0) is 0 Å². The number of benzene rings is 6. The van der Waals surface area contributed by atoms with Crippen LogP contribution in [-0.4, -0.2) is 9.13 Å². The monoisotopic (exact) mass is 637 g/mol. The highest BCUT2D eigenvalue weighted by molar-refractivity contribution is 6.13. The minimum absolute atomic E-state index is 0.627. The van der Waals surface area contributed by atoms with Gasteiger partial charge in [-0.1, -0.05) is 84.9 Å². The molecule has 2 heterocycles. The van der Waals surface area contributed by atoms with Gasteiger partial charge in [-0.25, -0.2) is 0 Å². The van der Waals surface area contributed by atoms with E-state index in [9.17, 15) is 15.8 Å². The molecule has 0 saturated heterocycles. The Morgan fingerprint density at radius 2 is 1.02 bits per heavy atom. The molecule has 0 spiro atoms. The van der Waals surface area contributed by atoms with Crippen molar-refractivity contribution in [3.63, 3.8) is 0 Å². The van der Waals surface area contributed by atoms with Crippen LogP contribution < -0.4 is 0 Å². The molecule has 0 aliphatic heterocycles. The number of nitriles is 3. The maximum Gasteiger partial charge on any atom is 0.0995 e. The number of nitrogens with zero attached hydrogens (tertiary/aromatic N) is 5. The average molecular weight is 638 g/mol. The Kier molecular flexibility index (Phi) is 6.70. The molecule has 0 atom stereocenters. The van der Waals surface area contributed by atoms with Crippen molar-refractivity contribution >= 4 is 54.9 Å². The predicted octanol–water partition coefficient (Wildman–Crippen LogP) is 10.9. The molecule has 2 aromatic heterocycles. The van der Waals surface area contributed by atoms with Crippen molar-refractivity contribution in [1.82, 2.24) is 9.13 Å². The van der Waals surface area contributed by atoms with E-state index in [0.29, 0.717) is 16.7 Å². The number of allylic oxidation sites excluding steroid dienone is 4. The summed E-state index contributed by atoms with van der Waals surface area (Å²) in [7, 11) is 0. The predicted molar refractivity (Wildman–Crippen MR) is 201 cm³/mol. The van der Waals surface area contributed by atoms with Crippen molar-refractivity contribution in [3.05, 3.63) is 162 Å². The van der Waals surface area contributed by atoms with E-state index in [1.165, 1.54) is 0 Å². The van der Waals surface area contributed by atoms with Gasteiger partial charge in [0.1, 0.15) is 0 Å². The molecule has 0 saturated carbocycles. The highest BCUT2D eigenvalue weighted by Gasteiger charge is 2.23. The molecule has 9 rings (SSSR count). The number of para-hydroxylation sites is 2. The fraction of sp³-hybridized carbons (Fsp3) is 0.0444. The van der Waals surface area contributed by atoms with Gasteiger partial charge in [-0.15, -0.1) is 0 Å². The summed E-state index contributed by atoms with van der Waals surface area (Å²) in [5.74, 6) is 0. The fourth-order valence-corrected chi connectivity index (χ4v) is 7.67. The summed E-state index contributed by atoms with van der Waals surface area (Å²) >= 11 is 0. The standard InChI is InChI=1S/C45H27N5/c46-26-29-13-23-42-39(24-29)37-8-2-4-10-41(37)50(42)43-11-5-6-34(28-48)45(43)33-16-14-31(15-17-33)32-18-20-35(21-19-32)49-40-9-3-1-7-36(40)38-22-12-30(27-47)25-44(38)49/h1-4,6-10,12-25H,5,11H2. The molecule has 8 aromatic rings. The molecule has 6 aromatic carbocycles. The van der Waals surface area contributed by atoms with Crippen LogP contribution in [0.25, 0.3) is 71.7 Å². The first-order chi connectivity index (χ1) is 24.7. The first-order valence-corrected chi connectivity index (χ1v) is 16.6. The topological polar surface area (TPSA) is 81.2 Å². The van der Waals surface area contributed by atoms with Crippen LogP contribution >= 0.6 is 0 Å². The summed E-state index contributed by atoms with van der Waals surface area (Å²) in [4.78, 5) is 0. The summed E-state index contributed by atoms with van der Waals surface area (Å²) < 4.78 is 4.51. The Hall–Kier alpha value is -7.13. The van der Waals surface area contributed by atoms with E-state index in [0.717, 1.165) is 90.1 Å². The molecule has 1 aliphatic carbocycles. The number of hydrogen-bond donors (Lipinski definition) is 0. The third kappa shape index (κ3) is 4.45. The van der Waals surface area contributed by atoms with Gasteiger partial charge in [-0.05, 0) is 84.1 Å². The van der Waals surface area contributed by atoms with Crippen molar-refractivity contribution in [2.75, 3.05) is 0 Å². The second-order valence-electron chi connectivity index (χ2n) is 12.6. The van der Waals surface area contributed by atoms with E-state index in [2.05, 4.69) is 100 Å². The number of rotatable bonds is 4. The van der Waals surface area contributed by atoms with Crippen LogP contribution in [0.2, 0.25) is 0 Å². The highest BCUT2D eigenvalue weighted by Crippen LogP contribution is 2.42. The summed E-state index contributed by atoms with van der Waals surface area (Å²) in [6.07, 6.45) is 3.61. The van der Waals surface area contributed by atoms with Gasteiger partial charge in [0.05, 0.1) is 57.0 Å². The van der Waals surface area contributed by atoms with E-state index in [1.54, 1.807) is 0 Å². The molecule has 0 bridgehead atoms. The molecule has 0 N–H and O–H groups in total. The van der Waals surface area contributed by atoms with Gasteiger partial charge in [0.15, 0.2) is 0 Å². The van der Waals surface area contributed by atoms with Gasteiger partial charge in [0.2, 0.25) is 0 Å². The Labute approximate surface area is 288 Å². The molecule has 5 heteroatoms. The smallest absolute Gasteiger partial charge is 0.0995 e. The molecule has 0 radical (unpaired) electrons. The maximum absolute atomic E-state index is 10.3. The Morgan fingerprint density at radius 1 is 0.460 bits per heavy atom. The third-order valence-corrected chi connectivity index (χ3v) is 9.91. The van der Waals surface area contributed by atoms with Gasteiger partial charge in [-0.2, -0.15) is 15.8 Å². The number of fused-ring (bicyclic) bond motifs is 6. The number of aromatic nitrogens is 2. The first kappa shape index (κ1) is 29.0. The molecule has 1 aliphatic rings. The van der Waals surface area contributed by atoms with Crippen LogP contribution in [0.15, 0.2) is 145 Å². The van der Waals surface area contributed by atoms with E-state index >= 15 is 0 Å². The summed E-state index contributed by atoms with van der Waals surface area (Å²) in [6, 6.07) is 52.4. The zero-order valence-corrected chi connectivity index (χ0v) is 26.9. The zero-order valence-electron chi connectivity index (χ0n) is 26.9. The molecule has 0 amide bonds. The van der Waals surface area contributed by atoms with Crippen molar-refractivity contribution in [3.8, 4) is 35.0 Å². The second-order valence-corrected chi connectivity index (χ2v) is 12.6. The highest BCUT2D eigenvalue weighted by atomic mass is 15.0. The van der Waals surface area contributed by atoms with E-state index in [-0.39, 0.29) is 0 Å².